The fraction of sp³-hybridized carbons (Fsp3) is 0.389. The van der Waals surface area contributed by atoms with Crippen LogP contribution in [-0.4, -0.2) is 60.9 Å². The summed E-state index contributed by atoms with van der Waals surface area (Å²) in [5.74, 6) is -1.04. The van der Waals surface area contributed by atoms with Gasteiger partial charge in [0, 0.05) is 19.2 Å². The molecule has 0 radical (unpaired) electrons. The standard InChI is InChI=1S/C18H20N2O5S2/c1-12(18(22)20(2)13-9-10-27(23,24)11-13)25-17(21)8-7-16-19-14-5-3-4-6-15(14)26-16/h3-8,12-13H,9-11H2,1-2H3/b8-7+/t12-,13+/m1/s1. The first-order chi connectivity index (χ1) is 12.7. The van der Waals surface area contributed by atoms with E-state index in [0.717, 1.165) is 10.2 Å². The van der Waals surface area contributed by atoms with Crippen molar-refractivity contribution in [3.63, 3.8) is 0 Å². The molecule has 0 saturated carbocycles. The van der Waals surface area contributed by atoms with E-state index in [1.54, 1.807) is 6.08 Å². The predicted molar refractivity (Wildman–Crippen MR) is 104 cm³/mol. The molecule has 2 aromatic rings. The Kier molecular flexibility index (Phi) is 5.61. The van der Waals surface area contributed by atoms with Gasteiger partial charge < -0.3 is 9.64 Å². The summed E-state index contributed by atoms with van der Waals surface area (Å²) in [7, 11) is -1.55. The van der Waals surface area contributed by atoms with Gasteiger partial charge in [0.15, 0.2) is 15.9 Å². The second kappa shape index (κ2) is 7.77. The van der Waals surface area contributed by atoms with Crippen LogP contribution in [0.1, 0.15) is 18.4 Å². The molecule has 3 rings (SSSR count). The number of para-hydroxylation sites is 1. The zero-order valence-electron chi connectivity index (χ0n) is 15.0. The summed E-state index contributed by atoms with van der Waals surface area (Å²) in [4.78, 5) is 30.1. The summed E-state index contributed by atoms with van der Waals surface area (Å²) < 4.78 is 29.3. The largest absolute Gasteiger partial charge is 0.449 e. The van der Waals surface area contributed by atoms with Crippen LogP contribution in [0.5, 0.6) is 0 Å². The number of amides is 1. The first kappa shape index (κ1) is 19.5. The van der Waals surface area contributed by atoms with Crippen LogP contribution in [0.25, 0.3) is 16.3 Å². The third kappa shape index (κ3) is 4.72. The van der Waals surface area contributed by atoms with Gasteiger partial charge in [-0.2, -0.15) is 0 Å². The number of rotatable bonds is 5. The summed E-state index contributed by atoms with van der Waals surface area (Å²) in [5, 5.41) is 0.667. The quantitative estimate of drug-likeness (QED) is 0.554. The van der Waals surface area contributed by atoms with Gasteiger partial charge in [-0.25, -0.2) is 18.2 Å². The lowest BCUT2D eigenvalue weighted by atomic mass is 10.2. The van der Waals surface area contributed by atoms with Crippen LogP contribution in [0.2, 0.25) is 0 Å². The normalized spacial score (nSPS) is 20.0. The van der Waals surface area contributed by atoms with E-state index in [1.807, 2.05) is 24.3 Å². The molecule has 2 heterocycles. The van der Waals surface area contributed by atoms with E-state index < -0.39 is 27.8 Å². The fourth-order valence-electron chi connectivity index (χ4n) is 2.91. The number of carbonyl (C=O) groups excluding carboxylic acids is 2. The van der Waals surface area contributed by atoms with Crippen molar-refractivity contribution in [2.24, 2.45) is 0 Å². The van der Waals surface area contributed by atoms with Crippen molar-refractivity contribution >= 4 is 49.3 Å². The maximum atomic E-state index is 12.4. The van der Waals surface area contributed by atoms with Gasteiger partial charge in [0.25, 0.3) is 5.91 Å². The van der Waals surface area contributed by atoms with Gasteiger partial charge in [0.2, 0.25) is 0 Å². The predicted octanol–water partition coefficient (Wildman–Crippen LogP) is 1.89. The third-order valence-electron chi connectivity index (χ3n) is 4.42. The Morgan fingerprint density at radius 1 is 1.37 bits per heavy atom. The van der Waals surface area contributed by atoms with Crippen LogP contribution >= 0.6 is 11.3 Å². The molecular weight excluding hydrogens is 388 g/mol. The minimum atomic E-state index is -3.09. The molecule has 2 atom stereocenters. The van der Waals surface area contributed by atoms with Crippen LogP contribution in [0.4, 0.5) is 0 Å². The number of aromatic nitrogens is 1. The first-order valence-corrected chi connectivity index (χ1v) is 11.1. The molecule has 0 N–H and O–H groups in total. The monoisotopic (exact) mass is 408 g/mol. The second-order valence-corrected chi connectivity index (χ2v) is 9.73. The lowest BCUT2D eigenvalue weighted by molar-refractivity contribution is -0.155. The van der Waals surface area contributed by atoms with E-state index in [9.17, 15) is 18.0 Å². The number of ether oxygens (including phenoxy) is 1. The molecule has 7 nitrogen and oxygen atoms in total. The molecule has 1 saturated heterocycles. The highest BCUT2D eigenvalue weighted by Gasteiger charge is 2.34. The minimum Gasteiger partial charge on any atom is -0.449 e. The smallest absolute Gasteiger partial charge is 0.331 e. The van der Waals surface area contributed by atoms with Crippen molar-refractivity contribution in [1.82, 2.24) is 9.88 Å². The number of hydrogen-bond donors (Lipinski definition) is 0. The van der Waals surface area contributed by atoms with Crippen LogP contribution in [-0.2, 0) is 24.2 Å². The van der Waals surface area contributed by atoms with E-state index in [1.165, 1.54) is 36.3 Å². The topological polar surface area (TPSA) is 93.6 Å². The van der Waals surface area contributed by atoms with Crippen LogP contribution in [0.3, 0.4) is 0 Å². The average Bonchev–Trinajstić information content (AvgIpc) is 3.21. The van der Waals surface area contributed by atoms with Gasteiger partial charge in [0.05, 0.1) is 21.7 Å². The van der Waals surface area contributed by atoms with Crippen molar-refractivity contribution < 1.29 is 22.7 Å². The zero-order chi connectivity index (χ0) is 19.6. The molecule has 1 fully saturated rings. The summed E-state index contributed by atoms with van der Waals surface area (Å²) in [6.45, 7) is 1.48. The van der Waals surface area contributed by atoms with Gasteiger partial charge in [-0.3, -0.25) is 4.79 Å². The molecule has 1 aromatic carbocycles. The summed E-state index contributed by atoms with van der Waals surface area (Å²) >= 11 is 1.45. The van der Waals surface area contributed by atoms with Crippen LogP contribution in [0, 0.1) is 0 Å². The van der Waals surface area contributed by atoms with Crippen LogP contribution in [0.15, 0.2) is 30.3 Å². The molecular formula is C18H20N2O5S2. The zero-order valence-corrected chi connectivity index (χ0v) is 16.6. The summed E-state index contributed by atoms with van der Waals surface area (Å²) in [5.41, 5.74) is 0.854. The van der Waals surface area contributed by atoms with E-state index in [2.05, 4.69) is 4.98 Å². The van der Waals surface area contributed by atoms with E-state index in [0.29, 0.717) is 11.4 Å². The molecule has 1 aliphatic heterocycles. The summed E-state index contributed by atoms with van der Waals surface area (Å²) in [6, 6.07) is 7.27. The van der Waals surface area contributed by atoms with Gasteiger partial charge in [0.1, 0.15) is 5.01 Å². The number of hydrogen-bond acceptors (Lipinski definition) is 7. The Morgan fingerprint density at radius 2 is 2.11 bits per heavy atom. The minimum absolute atomic E-state index is 0.0482. The number of carbonyl (C=O) groups is 2. The number of benzene rings is 1. The highest BCUT2D eigenvalue weighted by molar-refractivity contribution is 7.91. The van der Waals surface area contributed by atoms with Crippen molar-refractivity contribution in [2.75, 3.05) is 18.6 Å². The van der Waals surface area contributed by atoms with Gasteiger partial charge >= 0.3 is 5.97 Å². The van der Waals surface area contributed by atoms with Crippen molar-refractivity contribution in [3.8, 4) is 0 Å². The van der Waals surface area contributed by atoms with Crippen LogP contribution < -0.4 is 0 Å². The number of fused-ring (bicyclic) bond motifs is 1. The van der Waals surface area contributed by atoms with Crippen molar-refractivity contribution in [2.45, 2.75) is 25.5 Å². The highest BCUT2D eigenvalue weighted by atomic mass is 32.2. The van der Waals surface area contributed by atoms with Gasteiger partial charge in [-0.05, 0) is 31.6 Å². The van der Waals surface area contributed by atoms with E-state index in [-0.39, 0.29) is 17.5 Å². The van der Waals surface area contributed by atoms with E-state index in [4.69, 9.17) is 4.74 Å². The first-order valence-electron chi connectivity index (χ1n) is 8.46. The Morgan fingerprint density at radius 3 is 2.78 bits per heavy atom. The molecule has 1 aliphatic rings. The molecule has 1 aromatic heterocycles. The molecule has 144 valence electrons. The molecule has 0 spiro atoms. The van der Waals surface area contributed by atoms with E-state index >= 15 is 0 Å². The number of thiazole rings is 1. The molecule has 1 amide bonds. The maximum absolute atomic E-state index is 12.4. The Balaban J connectivity index is 1.57. The number of esters is 1. The number of likely N-dealkylation sites (N-methyl/N-ethyl adjacent to an activating group) is 1. The lowest BCUT2D eigenvalue weighted by Gasteiger charge is -2.26. The SMILES string of the molecule is C[C@@H](OC(=O)/C=C/c1nc2ccccc2s1)C(=O)N(C)[C@H]1CCS(=O)(=O)C1. The molecule has 9 heteroatoms. The molecule has 0 aliphatic carbocycles. The third-order valence-corrected chi connectivity index (χ3v) is 7.17. The molecule has 0 bridgehead atoms. The van der Waals surface area contributed by atoms with Gasteiger partial charge in [-0.15, -0.1) is 11.3 Å². The number of sulfone groups is 1. The Labute approximate surface area is 161 Å². The van der Waals surface area contributed by atoms with Crippen molar-refractivity contribution in [3.05, 3.63) is 35.3 Å². The maximum Gasteiger partial charge on any atom is 0.331 e. The van der Waals surface area contributed by atoms with Gasteiger partial charge in [-0.1, -0.05) is 12.1 Å². The van der Waals surface area contributed by atoms with Crippen molar-refractivity contribution in [1.29, 1.82) is 0 Å². The number of nitrogens with zero attached hydrogens (tertiary/aromatic N) is 2. The molecule has 27 heavy (non-hydrogen) atoms. The highest BCUT2D eigenvalue weighted by Crippen LogP contribution is 2.22. The summed E-state index contributed by atoms with van der Waals surface area (Å²) in [6.07, 6.45) is 2.20. The Bertz CT molecular complexity index is 963. The lowest BCUT2D eigenvalue weighted by Crippen LogP contribution is -2.44. The molecule has 0 unspecified atom stereocenters. The fourth-order valence-corrected chi connectivity index (χ4v) is 5.56. The Hall–Kier alpha value is -2.26. The second-order valence-electron chi connectivity index (χ2n) is 6.44. The average molecular weight is 409 g/mol.